The Bertz CT molecular complexity index is 509. The van der Waals surface area contributed by atoms with Gasteiger partial charge in [0.15, 0.2) is 0 Å². The number of aliphatic hydroxyl groups excluding tert-OH is 1. The van der Waals surface area contributed by atoms with Crippen molar-refractivity contribution >= 4 is 10.9 Å². The number of aliphatic hydroxyl groups is 1. The number of hydrogen-bond donors (Lipinski definition) is 3. The van der Waals surface area contributed by atoms with Gasteiger partial charge in [-0.25, -0.2) is 4.39 Å². The van der Waals surface area contributed by atoms with Gasteiger partial charge in [0.2, 0.25) is 0 Å². The molecule has 4 nitrogen and oxygen atoms in total. The fraction of sp³-hybridized carbons (Fsp3) is 0.417. The van der Waals surface area contributed by atoms with E-state index < -0.39 is 6.10 Å². The summed E-state index contributed by atoms with van der Waals surface area (Å²) in [4.78, 5) is 0. The van der Waals surface area contributed by atoms with Crippen LogP contribution in [-0.2, 0) is 0 Å². The highest BCUT2D eigenvalue weighted by Gasteiger charge is 2.14. The highest BCUT2D eigenvalue weighted by molar-refractivity contribution is 5.82. The van der Waals surface area contributed by atoms with Crippen LogP contribution in [0.25, 0.3) is 10.9 Å². The Kier molecular flexibility index (Phi) is 3.40. The molecule has 5 heteroatoms. The lowest BCUT2D eigenvalue weighted by Crippen LogP contribution is -2.28. The maximum Gasteiger partial charge on any atom is 0.125 e. The van der Waals surface area contributed by atoms with Crippen LogP contribution in [0, 0.1) is 5.82 Å². The maximum atomic E-state index is 13.4. The van der Waals surface area contributed by atoms with Crippen molar-refractivity contribution < 1.29 is 9.50 Å². The average Bonchev–Trinajstić information content (AvgIpc) is 2.72. The lowest BCUT2D eigenvalue weighted by Gasteiger charge is -2.15. The summed E-state index contributed by atoms with van der Waals surface area (Å²) in [6, 6.07) is 3.00. The molecule has 1 heterocycles. The quantitative estimate of drug-likeness (QED) is 0.759. The summed E-state index contributed by atoms with van der Waals surface area (Å²) in [6.07, 6.45) is 0.857. The molecule has 2 rings (SSSR count). The molecule has 17 heavy (non-hydrogen) atoms. The summed E-state index contributed by atoms with van der Waals surface area (Å²) >= 11 is 0. The molecule has 0 unspecified atom stereocenters. The SMILES string of the molecule is CC(C)NC[C@H](O)c1cc(F)cc2[nH]ncc12. The van der Waals surface area contributed by atoms with E-state index in [0.717, 1.165) is 5.39 Å². The van der Waals surface area contributed by atoms with Crippen molar-refractivity contribution in [3.8, 4) is 0 Å². The number of hydrogen-bond acceptors (Lipinski definition) is 3. The molecule has 1 aromatic heterocycles. The molecule has 0 saturated heterocycles. The zero-order valence-corrected chi connectivity index (χ0v) is 9.87. The third kappa shape index (κ3) is 2.62. The second-order valence-electron chi connectivity index (χ2n) is 4.41. The van der Waals surface area contributed by atoms with E-state index in [1.54, 1.807) is 6.20 Å². The summed E-state index contributed by atoms with van der Waals surface area (Å²) in [7, 11) is 0. The Morgan fingerprint density at radius 1 is 1.47 bits per heavy atom. The van der Waals surface area contributed by atoms with Crippen molar-refractivity contribution in [1.82, 2.24) is 15.5 Å². The number of aromatic amines is 1. The summed E-state index contributed by atoms with van der Waals surface area (Å²) < 4.78 is 13.4. The molecule has 0 spiro atoms. The minimum absolute atomic E-state index is 0.276. The predicted octanol–water partition coefficient (Wildman–Crippen LogP) is 1.73. The molecule has 0 fully saturated rings. The average molecular weight is 237 g/mol. The van der Waals surface area contributed by atoms with Gasteiger partial charge in [0.25, 0.3) is 0 Å². The number of benzene rings is 1. The van der Waals surface area contributed by atoms with Gasteiger partial charge in [-0.2, -0.15) is 5.10 Å². The molecule has 92 valence electrons. The molecule has 0 aliphatic heterocycles. The van der Waals surface area contributed by atoms with Crippen molar-refractivity contribution in [2.75, 3.05) is 6.54 Å². The van der Waals surface area contributed by atoms with Crippen LogP contribution in [0.4, 0.5) is 4.39 Å². The van der Waals surface area contributed by atoms with Gasteiger partial charge >= 0.3 is 0 Å². The fourth-order valence-corrected chi connectivity index (χ4v) is 1.78. The second kappa shape index (κ2) is 4.81. The summed E-state index contributed by atoms with van der Waals surface area (Å²) in [5.41, 5.74) is 1.16. The molecule has 0 radical (unpaired) electrons. The lowest BCUT2D eigenvalue weighted by molar-refractivity contribution is 0.172. The minimum atomic E-state index is -0.742. The van der Waals surface area contributed by atoms with Crippen molar-refractivity contribution in [2.45, 2.75) is 26.0 Å². The van der Waals surface area contributed by atoms with Crippen LogP contribution in [-0.4, -0.2) is 27.9 Å². The Morgan fingerprint density at radius 2 is 2.24 bits per heavy atom. The molecule has 3 N–H and O–H groups in total. The van der Waals surface area contributed by atoms with Crippen LogP contribution >= 0.6 is 0 Å². The molecule has 1 aromatic carbocycles. The Morgan fingerprint density at radius 3 is 2.94 bits per heavy atom. The van der Waals surface area contributed by atoms with E-state index in [9.17, 15) is 9.50 Å². The zero-order valence-electron chi connectivity index (χ0n) is 9.87. The van der Waals surface area contributed by atoms with Gasteiger partial charge in [-0.05, 0) is 17.7 Å². The summed E-state index contributed by atoms with van der Waals surface area (Å²) in [5.74, 6) is -0.375. The topological polar surface area (TPSA) is 60.9 Å². The van der Waals surface area contributed by atoms with Crippen LogP contribution in [0.3, 0.4) is 0 Å². The Hall–Kier alpha value is -1.46. The van der Waals surface area contributed by atoms with Crippen molar-refractivity contribution in [1.29, 1.82) is 0 Å². The van der Waals surface area contributed by atoms with Crippen molar-refractivity contribution in [2.24, 2.45) is 0 Å². The third-order valence-electron chi connectivity index (χ3n) is 2.63. The first-order valence-electron chi connectivity index (χ1n) is 5.62. The first-order chi connectivity index (χ1) is 8.08. The second-order valence-corrected chi connectivity index (χ2v) is 4.41. The Balaban J connectivity index is 2.30. The van der Waals surface area contributed by atoms with Gasteiger partial charge < -0.3 is 10.4 Å². The standard InChI is InChI=1S/C12H16FN3O/c1-7(2)14-6-12(17)9-3-8(13)4-11-10(9)5-15-16-11/h3-5,7,12,14,17H,6H2,1-2H3,(H,15,16)/t12-/m0/s1. The maximum absolute atomic E-state index is 13.4. The van der Waals surface area contributed by atoms with Gasteiger partial charge in [0.1, 0.15) is 5.82 Å². The molecule has 1 atom stereocenters. The van der Waals surface area contributed by atoms with Gasteiger partial charge in [-0.1, -0.05) is 13.8 Å². The molecule has 0 bridgehead atoms. The highest BCUT2D eigenvalue weighted by Crippen LogP contribution is 2.24. The smallest absolute Gasteiger partial charge is 0.125 e. The summed E-state index contributed by atoms with van der Waals surface area (Å²) in [5, 5.41) is 20.5. The number of rotatable bonds is 4. The van der Waals surface area contributed by atoms with E-state index in [4.69, 9.17) is 0 Å². The highest BCUT2D eigenvalue weighted by atomic mass is 19.1. The monoisotopic (exact) mass is 237 g/mol. The first kappa shape index (κ1) is 12.0. The number of H-pyrrole nitrogens is 1. The van der Waals surface area contributed by atoms with Gasteiger partial charge in [0, 0.05) is 18.0 Å². The van der Waals surface area contributed by atoms with Gasteiger partial charge in [-0.15, -0.1) is 0 Å². The minimum Gasteiger partial charge on any atom is -0.387 e. The van der Waals surface area contributed by atoms with Gasteiger partial charge in [0.05, 0.1) is 17.8 Å². The molecule has 0 aliphatic rings. The van der Waals surface area contributed by atoms with Crippen LogP contribution < -0.4 is 5.32 Å². The lowest BCUT2D eigenvalue weighted by atomic mass is 10.0. The van der Waals surface area contributed by atoms with Crippen LogP contribution in [0.15, 0.2) is 18.3 Å². The number of nitrogens with one attached hydrogen (secondary N) is 2. The van der Waals surface area contributed by atoms with Crippen LogP contribution in [0.1, 0.15) is 25.5 Å². The normalized spacial score (nSPS) is 13.5. The molecule has 0 saturated carbocycles. The van der Waals surface area contributed by atoms with E-state index in [1.165, 1.54) is 12.1 Å². The molecular formula is C12H16FN3O. The van der Waals surface area contributed by atoms with E-state index in [2.05, 4.69) is 15.5 Å². The van der Waals surface area contributed by atoms with E-state index in [1.807, 2.05) is 13.8 Å². The molecule has 0 aliphatic carbocycles. The van der Waals surface area contributed by atoms with E-state index in [-0.39, 0.29) is 11.9 Å². The Labute approximate surface area is 98.8 Å². The third-order valence-corrected chi connectivity index (χ3v) is 2.63. The fourth-order valence-electron chi connectivity index (χ4n) is 1.78. The van der Waals surface area contributed by atoms with Crippen LogP contribution in [0.2, 0.25) is 0 Å². The summed E-state index contributed by atoms with van der Waals surface area (Å²) in [6.45, 7) is 4.37. The number of fused-ring (bicyclic) bond motifs is 1. The first-order valence-corrected chi connectivity index (χ1v) is 5.62. The van der Waals surface area contributed by atoms with Crippen molar-refractivity contribution in [3.05, 3.63) is 29.7 Å². The largest absolute Gasteiger partial charge is 0.387 e. The van der Waals surface area contributed by atoms with Crippen LogP contribution in [0.5, 0.6) is 0 Å². The zero-order chi connectivity index (χ0) is 12.4. The number of nitrogens with zero attached hydrogens (tertiary/aromatic N) is 1. The predicted molar refractivity (Wildman–Crippen MR) is 64.2 cm³/mol. The van der Waals surface area contributed by atoms with E-state index in [0.29, 0.717) is 17.6 Å². The molecular weight excluding hydrogens is 221 g/mol. The number of halogens is 1. The molecule has 2 aromatic rings. The molecule has 0 amide bonds. The number of aromatic nitrogens is 2. The van der Waals surface area contributed by atoms with Gasteiger partial charge in [-0.3, -0.25) is 5.10 Å². The van der Waals surface area contributed by atoms with E-state index >= 15 is 0 Å². The van der Waals surface area contributed by atoms with Crippen molar-refractivity contribution in [3.63, 3.8) is 0 Å².